The van der Waals surface area contributed by atoms with E-state index in [1.165, 1.54) is 18.3 Å². The molecule has 0 amide bonds. The minimum absolute atomic E-state index is 0.0332. The van der Waals surface area contributed by atoms with Crippen molar-refractivity contribution in [1.29, 1.82) is 0 Å². The number of ether oxygens (including phenoxy) is 2. The van der Waals surface area contributed by atoms with Crippen LogP contribution in [-0.4, -0.2) is 20.0 Å². The van der Waals surface area contributed by atoms with E-state index < -0.39 is 67.7 Å². The van der Waals surface area contributed by atoms with E-state index >= 15 is 0 Å². The number of fused-ring (bicyclic) bond motifs is 1. The van der Waals surface area contributed by atoms with Gasteiger partial charge in [0, 0.05) is 29.8 Å². The Morgan fingerprint density at radius 3 is 2.19 bits per heavy atom. The molecule has 5 rings (SSSR count). The molecule has 1 aromatic heterocycles. The Bertz CT molecular complexity index is 1750. The summed E-state index contributed by atoms with van der Waals surface area (Å²) in [6, 6.07) is 10.5. The van der Waals surface area contributed by atoms with Crippen LogP contribution in [0.25, 0.3) is 11.3 Å². The van der Waals surface area contributed by atoms with Gasteiger partial charge in [0.25, 0.3) is 0 Å². The fraction of sp³-hybridized carbons (Fsp3) is 0.148. The molecule has 0 spiro atoms. The van der Waals surface area contributed by atoms with Crippen LogP contribution in [0.3, 0.4) is 0 Å². The van der Waals surface area contributed by atoms with Crippen molar-refractivity contribution in [2.75, 3.05) is 6.61 Å². The topological polar surface area (TPSA) is 74.7 Å². The van der Waals surface area contributed by atoms with Gasteiger partial charge in [0.2, 0.25) is 34.8 Å². The molecular formula is C27H15F8NO5S. The van der Waals surface area contributed by atoms with Crippen molar-refractivity contribution in [2.24, 2.45) is 0 Å². The van der Waals surface area contributed by atoms with E-state index in [0.717, 1.165) is 30.3 Å². The summed E-state index contributed by atoms with van der Waals surface area (Å²) in [5, 5.41) is 0. The molecule has 6 nitrogen and oxygen atoms in total. The van der Waals surface area contributed by atoms with Gasteiger partial charge in [-0.15, -0.1) is 0 Å². The maximum atomic E-state index is 14.0. The Balaban J connectivity index is 1.47. The van der Waals surface area contributed by atoms with Crippen LogP contribution in [0.1, 0.15) is 23.7 Å². The van der Waals surface area contributed by atoms with Crippen molar-refractivity contribution in [2.45, 2.75) is 23.6 Å². The highest BCUT2D eigenvalue weighted by Gasteiger charge is 2.34. The third-order valence-corrected chi connectivity index (χ3v) is 7.36. The molecule has 220 valence electrons. The molecule has 0 fully saturated rings. The van der Waals surface area contributed by atoms with Gasteiger partial charge < -0.3 is 13.7 Å². The molecule has 0 bridgehead atoms. The number of pyridine rings is 1. The van der Waals surface area contributed by atoms with E-state index in [0.29, 0.717) is 0 Å². The molecule has 0 radical (unpaired) electrons. The molecule has 1 atom stereocenters. The average molecular weight is 617 g/mol. The van der Waals surface area contributed by atoms with E-state index in [1.807, 2.05) is 0 Å². The molecule has 42 heavy (non-hydrogen) atoms. The van der Waals surface area contributed by atoms with Crippen molar-refractivity contribution >= 4 is 10.1 Å². The Kier molecular flexibility index (Phi) is 7.47. The second kappa shape index (κ2) is 10.8. The molecule has 1 aliphatic rings. The second-order valence-electron chi connectivity index (χ2n) is 8.80. The first kappa shape index (κ1) is 29.1. The molecule has 0 N–H and O–H groups in total. The van der Waals surface area contributed by atoms with Crippen LogP contribution in [0.4, 0.5) is 35.1 Å². The average Bonchev–Trinajstić information content (AvgIpc) is 2.97. The zero-order valence-electron chi connectivity index (χ0n) is 20.7. The van der Waals surface area contributed by atoms with Crippen LogP contribution in [0, 0.1) is 29.1 Å². The number of hydrogen-bond donors (Lipinski definition) is 0. The van der Waals surface area contributed by atoms with Crippen LogP contribution in [0.15, 0.2) is 65.7 Å². The normalized spacial score (nSPS) is 15.1. The highest BCUT2D eigenvalue weighted by atomic mass is 32.2. The van der Waals surface area contributed by atoms with E-state index in [1.54, 1.807) is 12.1 Å². The first-order chi connectivity index (χ1) is 19.8. The fourth-order valence-corrected chi connectivity index (χ4v) is 5.06. The summed E-state index contributed by atoms with van der Waals surface area (Å²) in [6.07, 6.45) is -3.93. The van der Waals surface area contributed by atoms with Crippen LogP contribution >= 0.6 is 0 Å². The second-order valence-corrected chi connectivity index (χ2v) is 10.3. The smallest absolute Gasteiger partial charge is 0.416 e. The molecule has 3 aromatic carbocycles. The van der Waals surface area contributed by atoms with Crippen molar-refractivity contribution in [3.8, 4) is 28.5 Å². The van der Waals surface area contributed by atoms with E-state index in [-0.39, 0.29) is 41.3 Å². The summed E-state index contributed by atoms with van der Waals surface area (Å²) in [5.41, 5.74) is -0.457. The highest BCUT2D eigenvalue weighted by Crippen LogP contribution is 2.42. The van der Waals surface area contributed by atoms with Crippen LogP contribution < -0.4 is 13.7 Å². The number of halogens is 8. The number of aromatic nitrogens is 1. The Hall–Kier alpha value is -4.40. The van der Waals surface area contributed by atoms with Gasteiger partial charge in [-0.05, 0) is 36.4 Å². The van der Waals surface area contributed by atoms with Crippen molar-refractivity contribution in [1.82, 2.24) is 4.98 Å². The lowest BCUT2D eigenvalue weighted by atomic mass is 10.0. The minimum atomic E-state index is -5.15. The number of hydrogen-bond acceptors (Lipinski definition) is 6. The summed E-state index contributed by atoms with van der Waals surface area (Å²) >= 11 is 0. The largest absolute Gasteiger partial charge is 0.493 e. The zero-order valence-corrected chi connectivity index (χ0v) is 21.5. The fourth-order valence-electron chi connectivity index (χ4n) is 4.12. The molecule has 15 heteroatoms. The number of nitrogens with zero attached hydrogens (tertiary/aromatic N) is 1. The molecule has 0 saturated heterocycles. The number of alkyl halides is 3. The number of benzene rings is 3. The maximum Gasteiger partial charge on any atom is 0.416 e. The summed E-state index contributed by atoms with van der Waals surface area (Å²) in [5.74, 6) is -14.4. The quantitative estimate of drug-likeness (QED) is 0.0992. The number of rotatable bonds is 6. The van der Waals surface area contributed by atoms with Gasteiger partial charge in [0.15, 0.2) is 0 Å². The van der Waals surface area contributed by atoms with Gasteiger partial charge in [-0.2, -0.15) is 30.4 Å². The molecular weight excluding hydrogens is 602 g/mol. The van der Waals surface area contributed by atoms with Gasteiger partial charge >= 0.3 is 16.3 Å². The van der Waals surface area contributed by atoms with E-state index in [9.17, 15) is 43.5 Å². The Morgan fingerprint density at radius 1 is 0.857 bits per heavy atom. The van der Waals surface area contributed by atoms with Crippen LogP contribution in [0.2, 0.25) is 0 Å². The van der Waals surface area contributed by atoms with Crippen LogP contribution in [0.5, 0.6) is 17.2 Å². The van der Waals surface area contributed by atoms with Crippen molar-refractivity contribution < 1.29 is 57.2 Å². The summed E-state index contributed by atoms with van der Waals surface area (Å²) in [4.78, 5) is 3.34. The Morgan fingerprint density at radius 2 is 1.55 bits per heavy atom. The summed E-state index contributed by atoms with van der Waals surface area (Å²) < 4.78 is 150. The third kappa shape index (κ3) is 5.43. The molecule has 1 aliphatic heterocycles. The minimum Gasteiger partial charge on any atom is -0.493 e. The lowest BCUT2D eigenvalue weighted by molar-refractivity contribution is -0.137. The summed E-state index contributed by atoms with van der Waals surface area (Å²) in [6.45, 7) is -0.0424. The summed E-state index contributed by atoms with van der Waals surface area (Å²) in [7, 11) is -5.15. The zero-order chi connectivity index (χ0) is 30.4. The third-order valence-electron chi connectivity index (χ3n) is 6.14. The predicted octanol–water partition coefficient (Wildman–Crippen LogP) is 7.13. The molecule has 2 heterocycles. The lowest BCUT2D eigenvalue weighted by Gasteiger charge is -2.28. The monoisotopic (exact) mass is 617 g/mol. The van der Waals surface area contributed by atoms with Crippen LogP contribution in [-0.2, 0) is 16.3 Å². The van der Waals surface area contributed by atoms with Gasteiger partial charge in [0.05, 0.1) is 17.9 Å². The van der Waals surface area contributed by atoms with E-state index in [4.69, 9.17) is 9.47 Å². The maximum absolute atomic E-state index is 14.0. The van der Waals surface area contributed by atoms with E-state index in [2.05, 4.69) is 9.17 Å². The van der Waals surface area contributed by atoms with Crippen molar-refractivity contribution in [3.63, 3.8) is 0 Å². The molecule has 4 aromatic rings. The lowest BCUT2D eigenvalue weighted by Crippen LogP contribution is -2.20. The highest BCUT2D eigenvalue weighted by molar-refractivity contribution is 7.87. The first-order valence-electron chi connectivity index (χ1n) is 11.8. The predicted molar refractivity (Wildman–Crippen MR) is 129 cm³/mol. The van der Waals surface area contributed by atoms with Gasteiger partial charge in [-0.3, -0.25) is 4.98 Å². The first-order valence-corrected chi connectivity index (χ1v) is 13.2. The van der Waals surface area contributed by atoms with Gasteiger partial charge in [0.1, 0.15) is 22.5 Å². The molecule has 0 aliphatic carbocycles. The van der Waals surface area contributed by atoms with Crippen molar-refractivity contribution in [3.05, 3.63) is 101 Å². The SMILES string of the molecule is O=S(=O)(Oc1c(F)c(F)c(F)c(F)c1F)c1ccc2c(c1)OCC[C@H]2Oc1ccc(C(F)(F)F)cc1-c1ccccn1. The molecule has 0 saturated carbocycles. The Labute approximate surface area is 232 Å². The van der Waals surface area contributed by atoms with Gasteiger partial charge in [-0.25, -0.2) is 13.2 Å². The molecule has 0 unspecified atom stereocenters. The van der Waals surface area contributed by atoms with Gasteiger partial charge in [-0.1, -0.05) is 12.1 Å². The standard InChI is InChI=1S/C27H15F8NO5S/c28-21-22(29)24(31)26(25(32)23(21)30)41-42(37,38)14-5-6-15-19(8-10-39-20(15)12-14)40-18-7-4-13(27(33,34)35)11-16(18)17-3-1-2-9-36-17/h1-7,9,11-12,19H,8,10H2/t19-/m1/s1.